The molecule has 0 fully saturated rings. The fraction of sp³-hybridized carbons (Fsp3) is 0.333. The molecule has 146 valence electrons. The van der Waals surface area contributed by atoms with E-state index >= 15 is 0 Å². The number of aromatic nitrogens is 3. The predicted molar refractivity (Wildman–Crippen MR) is 94.5 cm³/mol. The van der Waals surface area contributed by atoms with Gasteiger partial charge < -0.3 is 9.32 Å². The van der Waals surface area contributed by atoms with Gasteiger partial charge in [-0.1, -0.05) is 18.2 Å². The molecule has 4 rings (SSSR count). The molecule has 1 aliphatic rings. The lowest BCUT2D eigenvalue weighted by Gasteiger charge is -2.26. The highest BCUT2D eigenvalue weighted by molar-refractivity contribution is 5.98. The number of nitrogens with zero attached hydrogens (tertiary/aromatic N) is 4. The molecule has 0 spiro atoms. The van der Waals surface area contributed by atoms with E-state index in [0.29, 0.717) is 21.0 Å². The second-order valence-corrected chi connectivity index (χ2v) is 6.54. The first-order valence-electron chi connectivity index (χ1n) is 8.63. The third-order valence-electron chi connectivity index (χ3n) is 4.80. The van der Waals surface area contributed by atoms with Gasteiger partial charge in [-0.3, -0.25) is 9.36 Å². The summed E-state index contributed by atoms with van der Waals surface area (Å²) in [6, 6.07) is 6.83. The summed E-state index contributed by atoms with van der Waals surface area (Å²) < 4.78 is 32.4. The van der Waals surface area contributed by atoms with Crippen molar-refractivity contribution in [3.8, 4) is 0 Å². The lowest BCUT2D eigenvalue weighted by Crippen LogP contribution is -2.41. The Morgan fingerprint density at radius 3 is 2.64 bits per heavy atom. The fourth-order valence-electron chi connectivity index (χ4n) is 3.40. The number of carbonyl (C=O) groups is 1. The van der Waals surface area contributed by atoms with Gasteiger partial charge in [0.1, 0.15) is 6.54 Å². The van der Waals surface area contributed by atoms with Gasteiger partial charge in [-0.15, -0.1) is 0 Å². The second kappa shape index (κ2) is 6.70. The number of carbonyl (C=O) groups excluding carboxylic acids is 1. The summed E-state index contributed by atoms with van der Waals surface area (Å²) in [6.45, 7) is 1.14. The Hall–Kier alpha value is -3.30. The van der Waals surface area contributed by atoms with E-state index in [-0.39, 0.29) is 31.2 Å². The highest BCUT2D eigenvalue weighted by atomic mass is 19.3. The molecule has 0 bridgehead atoms. The molecule has 0 saturated heterocycles. The summed E-state index contributed by atoms with van der Waals surface area (Å²) in [6.07, 6.45) is -2.71. The first-order valence-corrected chi connectivity index (χ1v) is 8.63. The van der Waals surface area contributed by atoms with Crippen LogP contribution in [0.15, 0.2) is 38.3 Å². The first kappa shape index (κ1) is 18.1. The van der Waals surface area contributed by atoms with Crippen molar-refractivity contribution in [3.05, 3.63) is 62.3 Å². The number of alkyl halides is 2. The maximum atomic E-state index is 12.9. The van der Waals surface area contributed by atoms with Crippen molar-refractivity contribution in [2.24, 2.45) is 0 Å². The van der Waals surface area contributed by atoms with E-state index in [2.05, 4.69) is 5.10 Å². The highest BCUT2D eigenvalue weighted by Crippen LogP contribution is 2.21. The number of aryl methyl sites for hydroxylation is 1. The zero-order chi connectivity index (χ0) is 20.0. The van der Waals surface area contributed by atoms with Crippen molar-refractivity contribution in [1.29, 1.82) is 0 Å². The summed E-state index contributed by atoms with van der Waals surface area (Å²) in [4.78, 5) is 38.7. The van der Waals surface area contributed by atoms with E-state index in [0.717, 1.165) is 0 Å². The molecule has 0 unspecified atom stereocenters. The normalized spacial score (nSPS) is 13.9. The van der Waals surface area contributed by atoms with Crippen LogP contribution in [0.25, 0.3) is 10.8 Å². The molecule has 0 saturated carbocycles. The van der Waals surface area contributed by atoms with Gasteiger partial charge in [0.2, 0.25) is 0 Å². The minimum Gasteiger partial charge on any atom is -0.417 e. The summed E-state index contributed by atoms with van der Waals surface area (Å²) in [7, 11) is 0. The molecule has 3 heterocycles. The van der Waals surface area contributed by atoms with Crippen molar-refractivity contribution in [2.45, 2.75) is 33.0 Å². The quantitative estimate of drug-likeness (QED) is 0.674. The van der Waals surface area contributed by atoms with Crippen LogP contribution in [0.4, 0.5) is 8.78 Å². The summed E-state index contributed by atoms with van der Waals surface area (Å²) >= 11 is 0. The molecule has 0 N–H and O–H groups in total. The van der Waals surface area contributed by atoms with Gasteiger partial charge in [-0.2, -0.15) is 5.10 Å². The number of rotatable bonds is 3. The van der Waals surface area contributed by atoms with E-state index in [9.17, 15) is 23.2 Å². The van der Waals surface area contributed by atoms with E-state index < -0.39 is 30.2 Å². The van der Waals surface area contributed by atoms with Crippen LogP contribution in [0.5, 0.6) is 0 Å². The second-order valence-electron chi connectivity index (χ2n) is 6.54. The van der Waals surface area contributed by atoms with Gasteiger partial charge in [0.25, 0.3) is 12.3 Å². The fourth-order valence-corrected chi connectivity index (χ4v) is 3.40. The van der Waals surface area contributed by atoms with Crippen LogP contribution in [0.1, 0.15) is 21.9 Å². The van der Waals surface area contributed by atoms with Crippen LogP contribution < -0.4 is 11.3 Å². The lowest BCUT2D eigenvalue weighted by molar-refractivity contribution is 0.0668. The molecule has 1 amide bonds. The molecule has 1 aromatic carbocycles. The molecule has 2 aromatic heterocycles. The monoisotopic (exact) mass is 390 g/mol. The van der Waals surface area contributed by atoms with Crippen LogP contribution in [-0.2, 0) is 19.6 Å². The molecule has 3 aromatic rings. The molecule has 8 nitrogen and oxygen atoms in total. The summed E-state index contributed by atoms with van der Waals surface area (Å²) in [5.41, 5.74) is -0.707. The van der Waals surface area contributed by atoms with E-state index in [1.807, 2.05) is 0 Å². The number of hydrogen-bond acceptors (Lipinski definition) is 5. The van der Waals surface area contributed by atoms with Gasteiger partial charge in [0, 0.05) is 18.7 Å². The molecular formula is C18H16F2N4O4. The number of fused-ring (bicyclic) bond motifs is 2. The average molecular weight is 390 g/mol. The molecule has 0 atom stereocenters. The molecular weight excluding hydrogens is 374 g/mol. The maximum absolute atomic E-state index is 12.9. The van der Waals surface area contributed by atoms with Crippen LogP contribution >= 0.6 is 0 Å². The predicted octanol–water partition coefficient (Wildman–Crippen LogP) is 1.38. The van der Waals surface area contributed by atoms with Gasteiger partial charge >= 0.3 is 11.3 Å². The summed E-state index contributed by atoms with van der Waals surface area (Å²) in [5, 5.41) is 4.91. The zero-order valence-electron chi connectivity index (χ0n) is 14.9. The minimum atomic E-state index is -2.71. The van der Waals surface area contributed by atoms with Crippen molar-refractivity contribution in [1.82, 2.24) is 19.2 Å². The summed E-state index contributed by atoms with van der Waals surface area (Å²) in [5.74, 6) is -0.375. The van der Waals surface area contributed by atoms with Crippen molar-refractivity contribution in [2.75, 3.05) is 6.54 Å². The third kappa shape index (κ3) is 2.90. The number of amides is 1. The third-order valence-corrected chi connectivity index (χ3v) is 4.80. The van der Waals surface area contributed by atoms with Crippen molar-refractivity contribution >= 4 is 16.7 Å². The van der Waals surface area contributed by atoms with Gasteiger partial charge in [0.05, 0.1) is 11.9 Å². The molecule has 28 heavy (non-hydrogen) atoms. The molecule has 1 aliphatic heterocycles. The zero-order valence-corrected chi connectivity index (χ0v) is 14.9. The van der Waals surface area contributed by atoms with Gasteiger partial charge in [-0.25, -0.2) is 23.1 Å². The SMILES string of the molecule is Cc1c(C(=O)N2CCn3c(nn(CC(F)F)c3=O)C2)oc(=O)c2ccccc12. The largest absolute Gasteiger partial charge is 0.417 e. The van der Waals surface area contributed by atoms with E-state index in [4.69, 9.17) is 4.42 Å². The molecule has 0 aliphatic carbocycles. The van der Waals surface area contributed by atoms with Crippen LogP contribution in [0.2, 0.25) is 0 Å². The van der Waals surface area contributed by atoms with Gasteiger partial charge in [0.15, 0.2) is 11.6 Å². The lowest BCUT2D eigenvalue weighted by atomic mass is 10.1. The Morgan fingerprint density at radius 2 is 1.93 bits per heavy atom. The average Bonchev–Trinajstić information content (AvgIpc) is 2.98. The first-order chi connectivity index (χ1) is 13.4. The Balaban J connectivity index is 1.68. The van der Waals surface area contributed by atoms with E-state index in [1.165, 1.54) is 9.47 Å². The van der Waals surface area contributed by atoms with Crippen LogP contribution in [0, 0.1) is 6.92 Å². The van der Waals surface area contributed by atoms with E-state index in [1.54, 1.807) is 31.2 Å². The van der Waals surface area contributed by atoms with Crippen LogP contribution in [0.3, 0.4) is 0 Å². The Labute approximate surface area is 156 Å². The standard InChI is InChI=1S/C18H16F2N4O4/c1-10-11-4-2-3-5-12(11)17(26)28-15(10)16(25)22-6-7-23-14(9-22)21-24(18(23)27)8-13(19)20/h2-5,13H,6-9H2,1H3. The Bertz CT molecular complexity index is 1190. The highest BCUT2D eigenvalue weighted by Gasteiger charge is 2.29. The smallest absolute Gasteiger partial charge is 0.346 e. The van der Waals surface area contributed by atoms with Crippen molar-refractivity contribution in [3.63, 3.8) is 0 Å². The Kier molecular flexibility index (Phi) is 4.33. The number of halogens is 2. The molecule has 0 radical (unpaired) electrons. The Morgan fingerprint density at radius 1 is 1.21 bits per heavy atom. The van der Waals surface area contributed by atoms with Gasteiger partial charge in [-0.05, 0) is 18.4 Å². The van der Waals surface area contributed by atoms with Crippen molar-refractivity contribution < 1.29 is 18.0 Å². The minimum absolute atomic E-state index is 0.0414. The maximum Gasteiger partial charge on any atom is 0.346 e. The number of benzene rings is 1. The van der Waals surface area contributed by atoms with Crippen LogP contribution in [-0.4, -0.2) is 38.1 Å². The number of hydrogen-bond donors (Lipinski definition) is 0. The molecule has 10 heteroatoms. The topological polar surface area (TPSA) is 90.3 Å².